The highest BCUT2D eigenvalue weighted by Gasteiger charge is 2.26. The van der Waals surface area contributed by atoms with E-state index in [4.69, 9.17) is 0 Å². The minimum atomic E-state index is 0.789. The molecule has 0 aromatic carbocycles. The van der Waals surface area contributed by atoms with Gasteiger partial charge in [0.25, 0.3) is 0 Å². The van der Waals surface area contributed by atoms with Gasteiger partial charge >= 0.3 is 0 Å². The fourth-order valence-corrected chi connectivity index (χ4v) is 2.43. The van der Waals surface area contributed by atoms with Gasteiger partial charge in [0, 0.05) is 6.04 Å². The molecule has 1 nitrogen and oxygen atoms in total. The Morgan fingerprint density at radius 2 is 1.93 bits per heavy atom. The van der Waals surface area contributed by atoms with Crippen LogP contribution >= 0.6 is 0 Å². The lowest BCUT2D eigenvalue weighted by molar-refractivity contribution is 0.205. The summed E-state index contributed by atoms with van der Waals surface area (Å²) >= 11 is 0. The molecule has 14 heavy (non-hydrogen) atoms. The van der Waals surface area contributed by atoms with Crippen molar-refractivity contribution in [3.05, 3.63) is 0 Å². The molecule has 1 N–H and O–H groups in total. The zero-order chi connectivity index (χ0) is 10.6. The van der Waals surface area contributed by atoms with Crippen molar-refractivity contribution in [3.63, 3.8) is 0 Å². The molecule has 0 amide bonds. The number of hydrogen-bond donors (Lipinski definition) is 1. The van der Waals surface area contributed by atoms with Crippen LogP contribution in [-0.2, 0) is 0 Å². The fourth-order valence-electron chi connectivity index (χ4n) is 2.43. The third kappa shape index (κ3) is 3.61. The Morgan fingerprint density at radius 1 is 1.21 bits per heavy atom. The lowest BCUT2D eigenvalue weighted by atomic mass is 9.78. The lowest BCUT2D eigenvalue weighted by Gasteiger charge is -2.35. The molecule has 0 aromatic rings. The van der Waals surface area contributed by atoms with Crippen LogP contribution in [0.15, 0.2) is 0 Å². The molecule has 1 fully saturated rings. The summed E-state index contributed by atoms with van der Waals surface area (Å²) < 4.78 is 0. The van der Waals surface area contributed by atoms with Crippen LogP contribution in [0, 0.1) is 17.8 Å². The van der Waals surface area contributed by atoms with E-state index in [1.807, 2.05) is 0 Å². The Morgan fingerprint density at radius 3 is 2.57 bits per heavy atom. The highest BCUT2D eigenvalue weighted by molar-refractivity contribution is 4.82. The average Bonchev–Trinajstić information content (AvgIpc) is 2.12. The van der Waals surface area contributed by atoms with Crippen molar-refractivity contribution in [3.8, 4) is 0 Å². The van der Waals surface area contributed by atoms with Gasteiger partial charge in [-0.25, -0.2) is 0 Å². The summed E-state index contributed by atoms with van der Waals surface area (Å²) in [6.07, 6.45) is 5.57. The quantitative estimate of drug-likeness (QED) is 0.728. The Labute approximate surface area is 89.7 Å². The van der Waals surface area contributed by atoms with Crippen LogP contribution < -0.4 is 5.32 Å². The molecule has 3 atom stereocenters. The molecule has 1 saturated carbocycles. The Kier molecular flexibility index (Phi) is 4.94. The highest BCUT2D eigenvalue weighted by Crippen LogP contribution is 2.29. The standard InChI is InChI=1S/C13H27N/c1-10(2)8-9-14-13-7-5-6-11(3)12(13)4/h10-14H,5-9H2,1-4H3. The molecule has 0 aromatic heterocycles. The van der Waals surface area contributed by atoms with Crippen molar-refractivity contribution < 1.29 is 0 Å². The monoisotopic (exact) mass is 197 g/mol. The maximum atomic E-state index is 3.73. The first-order valence-corrected chi connectivity index (χ1v) is 6.34. The van der Waals surface area contributed by atoms with Gasteiger partial charge in [-0.3, -0.25) is 0 Å². The topological polar surface area (TPSA) is 12.0 Å². The van der Waals surface area contributed by atoms with Gasteiger partial charge in [-0.05, 0) is 37.1 Å². The van der Waals surface area contributed by atoms with E-state index in [1.54, 1.807) is 0 Å². The van der Waals surface area contributed by atoms with E-state index < -0.39 is 0 Å². The summed E-state index contributed by atoms with van der Waals surface area (Å²) in [6.45, 7) is 10.6. The van der Waals surface area contributed by atoms with Gasteiger partial charge in [0.2, 0.25) is 0 Å². The van der Waals surface area contributed by atoms with Gasteiger partial charge in [0.15, 0.2) is 0 Å². The van der Waals surface area contributed by atoms with E-state index in [-0.39, 0.29) is 0 Å². The molecule has 3 unspecified atom stereocenters. The number of hydrogen-bond acceptors (Lipinski definition) is 1. The average molecular weight is 197 g/mol. The molecular weight excluding hydrogens is 170 g/mol. The molecule has 0 heterocycles. The predicted octanol–water partition coefficient (Wildman–Crippen LogP) is 3.45. The summed E-state index contributed by atoms with van der Waals surface area (Å²) in [5.41, 5.74) is 0. The molecule has 0 aliphatic heterocycles. The minimum Gasteiger partial charge on any atom is -0.314 e. The molecular formula is C13H27N. The fraction of sp³-hybridized carbons (Fsp3) is 1.00. The molecule has 0 bridgehead atoms. The minimum absolute atomic E-state index is 0.789. The van der Waals surface area contributed by atoms with Crippen molar-refractivity contribution >= 4 is 0 Å². The van der Waals surface area contributed by atoms with Gasteiger partial charge in [0.1, 0.15) is 0 Å². The predicted molar refractivity (Wildman–Crippen MR) is 63.4 cm³/mol. The molecule has 0 spiro atoms. The summed E-state index contributed by atoms with van der Waals surface area (Å²) in [4.78, 5) is 0. The number of rotatable bonds is 4. The van der Waals surface area contributed by atoms with Crippen molar-refractivity contribution in [2.75, 3.05) is 6.54 Å². The second-order valence-electron chi connectivity index (χ2n) is 5.51. The molecule has 1 aliphatic rings. The summed E-state index contributed by atoms with van der Waals surface area (Å²) in [7, 11) is 0. The second kappa shape index (κ2) is 5.75. The van der Waals surface area contributed by atoms with Crippen LogP contribution in [0.1, 0.15) is 53.4 Å². The molecule has 1 aliphatic carbocycles. The van der Waals surface area contributed by atoms with E-state index in [0.29, 0.717) is 0 Å². The van der Waals surface area contributed by atoms with E-state index in [2.05, 4.69) is 33.0 Å². The molecule has 0 saturated heterocycles. The van der Waals surface area contributed by atoms with Crippen LogP contribution in [0.3, 0.4) is 0 Å². The lowest BCUT2D eigenvalue weighted by Crippen LogP contribution is -2.41. The third-order valence-corrected chi connectivity index (χ3v) is 3.84. The first-order valence-electron chi connectivity index (χ1n) is 6.34. The Balaban J connectivity index is 2.22. The van der Waals surface area contributed by atoms with E-state index in [0.717, 1.165) is 23.8 Å². The van der Waals surface area contributed by atoms with Crippen LogP contribution in [0.5, 0.6) is 0 Å². The maximum absolute atomic E-state index is 3.73. The largest absolute Gasteiger partial charge is 0.314 e. The van der Waals surface area contributed by atoms with Crippen LogP contribution in [0.2, 0.25) is 0 Å². The molecule has 0 radical (unpaired) electrons. The van der Waals surface area contributed by atoms with Crippen molar-refractivity contribution in [2.45, 2.75) is 59.4 Å². The van der Waals surface area contributed by atoms with E-state index in [1.165, 1.54) is 32.2 Å². The first-order chi connectivity index (χ1) is 6.61. The van der Waals surface area contributed by atoms with Gasteiger partial charge in [0.05, 0.1) is 0 Å². The van der Waals surface area contributed by atoms with Crippen molar-refractivity contribution in [1.82, 2.24) is 5.32 Å². The summed E-state index contributed by atoms with van der Waals surface area (Å²) in [6, 6.07) is 0.789. The van der Waals surface area contributed by atoms with Crippen LogP contribution in [-0.4, -0.2) is 12.6 Å². The van der Waals surface area contributed by atoms with Gasteiger partial charge in [-0.15, -0.1) is 0 Å². The van der Waals surface area contributed by atoms with Gasteiger partial charge in [-0.1, -0.05) is 40.5 Å². The van der Waals surface area contributed by atoms with Crippen LogP contribution in [0.25, 0.3) is 0 Å². The molecule has 1 rings (SSSR count). The van der Waals surface area contributed by atoms with Crippen LogP contribution in [0.4, 0.5) is 0 Å². The normalized spacial score (nSPS) is 33.6. The number of nitrogens with one attached hydrogen (secondary N) is 1. The molecule has 84 valence electrons. The van der Waals surface area contributed by atoms with E-state index in [9.17, 15) is 0 Å². The first kappa shape index (κ1) is 12.0. The summed E-state index contributed by atoms with van der Waals surface area (Å²) in [5.74, 6) is 2.62. The Bertz CT molecular complexity index is 153. The zero-order valence-corrected chi connectivity index (χ0v) is 10.3. The summed E-state index contributed by atoms with van der Waals surface area (Å²) in [5, 5.41) is 3.73. The smallest absolute Gasteiger partial charge is 0.00952 e. The maximum Gasteiger partial charge on any atom is 0.00952 e. The Hall–Kier alpha value is -0.0400. The van der Waals surface area contributed by atoms with Gasteiger partial charge < -0.3 is 5.32 Å². The highest BCUT2D eigenvalue weighted by atomic mass is 14.9. The third-order valence-electron chi connectivity index (χ3n) is 3.84. The van der Waals surface area contributed by atoms with Gasteiger partial charge in [-0.2, -0.15) is 0 Å². The zero-order valence-electron chi connectivity index (χ0n) is 10.3. The van der Waals surface area contributed by atoms with E-state index >= 15 is 0 Å². The second-order valence-corrected chi connectivity index (χ2v) is 5.51. The molecule has 1 heteroatoms. The van der Waals surface area contributed by atoms with Crippen molar-refractivity contribution in [1.29, 1.82) is 0 Å². The van der Waals surface area contributed by atoms with Crippen molar-refractivity contribution in [2.24, 2.45) is 17.8 Å². The SMILES string of the molecule is CC(C)CCNC1CCCC(C)C1C.